The summed E-state index contributed by atoms with van der Waals surface area (Å²) >= 11 is 0. The molecule has 6 nitrogen and oxygen atoms in total. The van der Waals surface area contributed by atoms with Gasteiger partial charge in [0.2, 0.25) is 11.8 Å². The van der Waals surface area contributed by atoms with Crippen molar-refractivity contribution in [1.82, 2.24) is 5.32 Å². The topological polar surface area (TPSA) is 79.5 Å². The van der Waals surface area contributed by atoms with Crippen LogP contribution in [0.15, 0.2) is 24.3 Å². The van der Waals surface area contributed by atoms with Crippen LogP contribution in [0.4, 0.5) is 11.4 Å². The highest BCUT2D eigenvalue weighted by Gasteiger charge is 2.06. The van der Waals surface area contributed by atoms with Crippen molar-refractivity contribution in [3.05, 3.63) is 24.3 Å². The molecule has 21 heavy (non-hydrogen) atoms. The summed E-state index contributed by atoms with van der Waals surface area (Å²) in [5.41, 5.74) is 1.56. The Hall–Kier alpha value is -2.08. The maximum atomic E-state index is 11.5. The van der Waals surface area contributed by atoms with Crippen LogP contribution in [0.1, 0.15) is 13.8 Å². The third kappa shape index (κ3) is 6.76. The van der Waals surface area contributed by atoms with Crippen LogP contribution in [0.3, 0.4) is 0 Å². The van der Waals surface area contributed by atoms with Crippen molar-refractivity contribution < 1.29 is 14.3 Å². The van der Waals surface area contributed by atoms with Crippen LogP contribution in [-0.2, 0) is 14.3 Å². The van der Waals surface area contributed by atoms with Gasteiger partial charge in [-0.3, -0.25) is 9.59 Å². The Morgan fingerprint density at radius 1 is 1.14 bits per heavy atom. The van der Waals surface area contributed by atoms with Crippen molar-refractivity contribution in [3.63, 3.8) is 0 Å². The largest absolute Gasteiger partial charge is 0.383 e. The number of carbonyl (C=O) groups is 2. The molecular formula is C15H23N3O3. The summed E-state index contributed by atoms with van der Waals surface area (Å²) in [7, 11) is 1.59. The van der Waals surface area contributed by atoms with Gasteiger partial charge in [-0.25, -0.2) is 0 Å². The smallest absolute Gasteiger partial charge is 0.239 e. The number of hydrogen-bond acceptors (Lipinski definition) is 4. The fourth-order valence-corrected chi connectivity index (χ4v) is 1.50. The van der Waals surface area contributed by atoms with Gasteiger partial charge >= 0.3 is 0 Å². The van der Waals surface area contributed by atoms with E-state index in [1.807, 2.05) is 26.0 Å². The van der Waals surface area contributed by atoms with Gasteiger partial charge in [-0.05, 0) is 24.3 Å². The summed E-state index contributed by atoms with van der Waals surface area (Å²) in [5, 5.41) is 8.54. The standard InChI is InChI=1S/C15H23N3O3/c1-11(2)15(20)18-13-6-4-12(5-7-13)17-10-14(19)16-8-9-21-3/h4-7,11,17H,8-10H2,1-3H3,(H,16,19)(H,18,20). The van der Waals surface area contributed by atoms with Gasteiger partial charge in [0.25, 0.3) is 0 Å². The predicted molar refractivity (Wildman–Crippen MR) is 83.3 cm³/mol. The van der Waals surface area contributed by atoms with Gasteiger partial charge in [-0.2, -0.15) is 0 Å². The molecule has 1 rings (SSSR count). The number of anilines is 2. The fraction of sp³-hybridized carbons (Fsp3) is 0.467. The summed E-state index contributed by atoms with van der Waals surface area (Å²) < 4.78 is 4.85. The summed E-state index contributed by atoms with van der Waals surface area (Å²) in [6.07, 6.45) is 0. The second-order valence-corrected chi connectivity index (χ2v) is 4.92. The van der Waals surface area contributed by atoms with Crippen LogP contribution in [0.2, 0.25) is 0 Å². The van der Waals surface area contributed by atoms with Gasteiger partial charge in [-0.15, -0.1) is 0 Å². The molecule has 2 amide bonds. The first-order valence-electron chi connectivity index (χ1n) is 6.93. The predicted octanol–water partition coefficient (Wildman–Crippen LogP) is 1.46. The van der Waals surface area contributed by atoms with E-state index < -0.39 is 0 Å². The minimum absolute atomic E-state index is 0.0202. The lowest BCUT2D eigenvalue weighted by atomic mass is 10.2. The summed E-state index contributed by atoms with van der Waals surface area (Å²) in [6, 6.07) is 7.23. The first kappa shape index (κ1) is 17.0. The second-order valence-electron chi connectivity index (χ2n) is 4.92. The second kappa shape index (κ2) is 8.97. The van der Waals surface area contributed by atoms with E-state index in [1.54, 1.807) is 19.2 Å². The third-order valence-electron chi connectivity index (χ3n) is 2.76. The Balaban J connectivity index is 2.37. The van der Waals surface area contributed by atoms with Gasteiger partial charge in [0.15, 0.2) is 0 Å². The Morgan fingerprint density at radius 3 is 2.33 bits per heavy atom. The van der Waals surface area contributed by atoms with Crippen molar-refractivity contribution >= 4 is 23.2 Å². The molecule has 0 aromatic heterocycles. The van der Waals surface area contributed by atoms with E-state index in [9.17, 15) is 9.59 Å². The van der Waals surface area contributed by atoms with Gasteiger partial charge in [0.05, 0.1) is 13.2 Å². The molecule has 0 aliphatic carbocycles. The Morgan fingerprint density at radius 2 is 1.76 bits per heavy atom. The molecule has 3 N–H and O–H groups in total. The van der Waals surface area contributed by atoms with E-state index in [1.165, 1.54) is 0 Å². The molecular weight excluding hydrogens is 270 g/mol. The van der Waals surface area contributed by atoms with Crippen LogP contribution in [0, 0.1) is 5.92 Å². The summed E-state index contributed by atoms with van der Waals surface area (Å²) in [4.78, 5) is 23.0. The molecule has 0 aliphatic heterocycles. The lowest BCUT2D eigenvalue weighted by Crippen LogP contribution is -2.32. The Kier molecular flexibility index (Phi) is 7.25. The SMILES string of the molecule is COCCNC(=O)CNc1ccc(NC(=O)C(C)C)cc1. The molecule has 6 heteroatoms. The van der Waals surface area contributed by atoms with Gasteiger partial charge in [-0.1, -0.05) is 13.8 Å². The zero-order chi connectivity index (χ0) is 15.7. The highest BCUT2D eigenvalue weighted by Crippen LogP contribution is 2.14. The number of nitrogens with one attached hydrogen (secondary N) is 3. The lowest BCUT2D eigenvalue weighted by molar-refractivity contribution is -0.120. The number of methoxy groups -OCH3 is 1. The van der Waals surface area contributed by atoms with E-state index in [0.717, 1.165) is 11.4 Å². The maximum Gasteiger partial charge on any atom is 0.239 e. The van der Waals surface area contributed by atoms with Crippen molar-refractivity contribution in [3.8, 4) is 0 Å². The monoisotopic (exact) mass is 293 g/mol. The average molecular weight is 293 g/mol. The maximum absolute atomic E-state index is 11.5. The molecule has 0 spiro atoms. The first-order chi connectivity index (χ1) is 10.0. The molecule has 0 saturated heterocycles. The molecule has 1 aromatic rings. The van der Waals surface area contributed by atoms with E-state index in [0.29, 0.717) is 13.2 Å². The van der Waals surface area contributed by atoms with Crippen LogP contribution < -0.4 is 16.0 Å². The molecule has 0 atom stereocenters. The van der Waals surface area contributed by atoms with Crippen LogP contribution in [-0.4, -0.2) is 38.6 Å². The number of benzene rings is 1. The molecule has 116 valence electrons. The van der Waals surface area contributed by atoms with Crippen molar-refractivity contribution in [2.75, 3.05) is 37.4 Å². The number of amides is 2. The lowest BCUT2D eigenvalue weighted by Gasteiger charge is -2.10. The van der Waals surface area contributed by atoms with E-state index in [2.05, 4.69) is 16.0 Å². The highest BCUT2D eigenvalue weighted by atomic mass is 16.5. The Bertz CT molecular complexity index is 458. The Labute approximate surface area is 125 Å². The van der Waals surface area contributed by atoms with E-state index >= 15 is 0 Å². The van der Waals surface area contributed by atoms with Crippen LogP contribution >= 0.6 is 0 Å². The summed E-state index contributed by atoms with van der Waals surface area (Å²) in [6.45, 7) is 4.87. The number of ether oxygens (including phenoxy) is 1. The third-order valence-corrected chi connectivity index (χ3v) is 2.76. The average Bonchev–Trinajstić information content (AvgIpc) is 2.46. The molecule has 1 aromatic carbocycles. The number of carbonyl (C=O) groups excluding carboxylic acids is 2. The van der Waals surface area contributed by atoms with Gasteiger partial charge < -0.3 is 20.7 Å². The zero-order valence-corrected chi connectivity index (χ0v) is 12.7. The molecule has 0 fully saturated rings. The van der Waals surface area contributed by atoms with Crippen molar-refractivity contribution in [2.45, 2.75) is 13.8 Å². The summed E-state index contributed by atoms with van der Waals surface area (Å²) in [5.74, 6) is -0.170. The normalized spacial score (nSPS) is 10.3. The van der Waals surface area contributed by atoms with Crippen molar-refractivity contribution in [2.24, 2.45) is 5.92 Å². The first-order valence-corrected chi connectivity index (χ1v) is 6.93. The molecule has 0 saturated carbocycles. The number of rotatable bonds is 8. The molecule has 0 radical (unpaired) electrons. The quantitative estimate of drug-likeness (QED) is 0.634. The minimum Gasteiger partial charge on any atom is -0.383 e. The molecule has 0 bridgehead atoms. The van der Waals surface area contributed by atoms with Crippen LogP contribution in [0.25, 0.3) is 0 Å². The van der Waals surface area contributed by atoms with Gasteiger partial charge in [0.1, 0.15) is 0 Å². The van der Waals surface area contributed by atoms with E-state index in [-0.39, 0.29) is 24.3 Å². The highest BCUT2D eigenvalue weighted by molar-refractivity contribution is 5.92. The molecule has 0 aliphatic rings. The zero-order valence-electron chi connectivity index (χ0n) is 12.7. The van der Waals surface area contributed by atoms with E-state index in [4.69, 9.17) is 4.74 Å². The molecule has 0 unspecified atom stereocenters. The fourth-order valence-electron chi connectivity index (χ4n) is 1.50. The van der Waals surface area contributed by atoms with Gasteiger partial charge in [0, 0.05) is 30.9 Å². The number of hydrogen-bond donors (Lipinski definition) is 3. The van der Waals surface area contributed by atoms with Crippen molar-refractivity contribution in [1.29, 1.82) is 0 Å². The minimum atomic E-state index is -0.0933. The van der Waals surface area contributed by atoms with Crippen LogP contribution in [0.5, 0.6) is 0 Å². The molecule has 0 heterocycles.